The van der Waals surface area contributed by atoms with Crippen LogP contribution in [-0.4, -0.2) is 16.1 Å². The number of benzene rings is 1. The third kappa shape index (κ3) is 2.82. The van der Waals surface area contributed by atoms with Gasteiger partial charge in [0, 0.05) is 11.8 Å². The molecule has 0 saturated heterocycles. The van der Waals surface area contributed by atoms with Crippen LogP contribution in [0.15, 0.2) is 30.5 Å². The van der Waals surface area contributed by atoms with E-state index < -0.39 is 0 Å². The van der Waals surface area contributed by atoms with Gasteiger partial charge in [0.05, 0.1) is 11.1 Å². The molecule has 1 aromatic heterocycles. The predicted octanol–water partition coefficient (Wildman–Crippen LogP) is 4.24. The number of hydrogen-bond acceptors (Lipinski definition) is 2. The van der Waals surface area contributed by atoms with Gasteiger partial charge in [-0.1, -0.05) is 38.1 Å². The van der Waals surface area contributed by atoms with Gasteiger partial charge in [0.15, 0.2) is 6.29 Å². The second kappa shape index (κ2) is 5.23. The fraction of sp³-hybridized carbons (Fsp3) is 0.412. The van der Waals surface area contributed by atoms with E-state index in [9.17, 15) is 4.79 Å². The molecule has 2 aromatic rings. The van der Waals surface area contributed by atoms with E-state index in [2.05, 4.69) is 51.9 Å². The normalized spacial score (nSPS) is 11.9. The Hall–Kier alpha value is -1.90. The Labute approximate surface area is 120 Å². The Balaban J connectivity index is 2.46. The SMILES string of the molecule is CC(C)c1ccc(-c2nn(C(C)(C)C)cc2C=O)cc1. The van der Waals surface area contributed by atoms with Crippen LogP contribution in [0.2, 0.25) is 0 Å². The molecule has 0 saturated carbocycles. The number of carbonyl (C=O) groups is 1. The van der Waals surface area contributed by atoms with E-state index in [4.69, 9.17) is 0 Å². The summed E-state index contributed by atoms with van der Waals surface area (Å²) in [4.78, 5) is 11.3. The van der Waals surface area contributed by atoms with E-state index >= 15 is 0 Å². The Morgan fingerprint density at radius 2 is 1.75 bits per heavy atom. The summed E-state index contributed by atoms with van der Waals surface area (Å²) in [6, 6.07) is 8.28. The lowest BCUT2D eigenvalue weighted by Gasteiger charge is -2.18. The first kappa shape index (κ1) is 14.5. The van der Waals surface area contributed by atoms with Crippen LogP contribution in [0.4, 0.5) is 0 Å². The lowest BCUT2D eigenvalue weighted by atomic mass is 10.00. The van der Waals surface area contributed by atoms with E-state index in [0.29, 0.717) is 11.5 Å². The maximum Gasteiger partial charge on any atom is 0.153 e. The Kier molecular flexibility index (Phi) is 3.80. The summed E-state index contributed by atoms with van der Waals surface area (Å²) in [5.41, 5.74) is 3.53. The average molecular weight is 270 g/mol. The minimum absolute atomic E-state index is 0.131. The highest BCUT2D eigenvalue weighted by atomic mass is 16.1. The van der Waals surface area contributed by atoms with Gasteiger partial charge in [-0.2, -0.15) is 5.10 Å². The Morgan fingerprint density at radius 1 is 1.15 bits per heavy atom. The fourth-order valence-corrected chi connectivity index (χ4v) is 2.07. The number of nitrogens with zero attached hydrogens (tertiary/aromatic N) is 2. The van der Waals surface area contributed by atoms with Gasteiger partial charge in [-0.05, 0) is 32.3 Å². The first-order valence-electron chi connectivity index (χ1n) is 6.98. The molecule has 0 spiro atoms. The van der Waals surface area contributed by atoms with Gasteiger partial charge in [-0.3, -0.25) is 9.48 Å². The van der Waals surface area contributed by atoms with Crippen LogP contribution in [0, 0.1) is 0 Å². The van der Waals surface area contributed by atoms with Crippen molar-refractivity contribution in [2.75, 3.05) is 0 Å². The molecule has 0 aliphatic carbocycles. The maximum absolute atomic E-state index is 11.3. The van der Waals surface area contributed by atoms with Crippen LogP contribution in [0.25, 0.3) is 11.3 Å². The zero-order valence-corrected chi connectivity index (χ0v) is 12.8. The summed E-state index contributed by atoms with van der Waals surface area (Å²) in [7, 11) is 0. The average Bonchev–Trinajstić information content (AvgIpc) is 2.82. The van der Waals surface area contributed by atoms with Crippen LogP contribution >= 0.6 is 0 Å². The van der Waals surface area contributed by atoms with Gasteiger partial charge in [0.2, 0.25) is 0 Å². The number of aromatic nitrogens is 2. The number of aldehydes is 1. The molecule has 3 heteroatoms. The molecule has 0 amide bonds. The molecule has 1 heterocycles. The first-order valence-corrected chi connectivity index (χ1v) is 6.98. The summed E-state index contributed by atoms with van der Waals surface area (Å²) in [6.45, 7) is 10.5. The van der Waals surface area contributed by atoms with Crippen molar-refractivity contribution in [3.8, 4) is 11.3 Å². The summed E-state index contributed by atoms with van der Waals surface area (Å²) in [5, 5.41) is 4.58. The number of carbonyl (C=O) groups excluding carboxylic acids is 1. The standard InChI is InChI=1S/C17H22N2O/c1-12(2)13-6-8-14(9-7-13)16-15(11-20)10-19(18-16)17(3,4)5/h6-12H,1-5H3. The van der Waals surface area contributed by atoms with Gasteiger partial charge < -0.3 is 0 Å². The van der Waals surface area contributed by atoms with Crippen LogP contribution in [0.1, 0.15) is 56.5 Å². The summed E-state index contributed by atoms with van der Waals surface area (Å²) in [5.74, 6) is 0.502. The van der Waals surface area contributed by atoms with E-state index in [-0.39, 0.29) is 5.54 Å². The molecule has 0 unspecified atom stereocenters. The van der Waals surface area contributed by atoms with Gasteiger partial charge in [-0.25, -0.2) is 0 Å². The third-order valence-corrected chi connectivity index (χ3v) is 3.41. The molecule has 0 aliphatic heterocycles. The molecule has 1 aromatic carbocycles. The van der Waals surface area contributed by atoms with Crippen molar-refractivity contribution in [1.29, 1.82) is 0 Å². The van der Waals surface area contributed by atoms with E-state index in [1.54, 1.807) is 0 Å². The topological polar surface area (TPSA) is 34.9 Å². The quantitative estimate of drug-likeness (QED) is 0.782. The summed E-state index contributed by atoms with van der Waals surface area (Å²) >= 11 is 0. The molecule has 106 valence electrons. The predicted molar refractivity (Wildman–Crippen MR) is 82.1 cm³/mol. The van der Waals surface area contributed by atoms with Crippen molar-refractivity contribution in [2.45, 2.75) is 46.1 Å². The molecule has 2 rings (SSSR count). The summed E-state index contributed by atoms with van der Waals surface area (Å²) < 4.78 is 1.85. The molecule has 0 N–H and O–H groups in total. The van der Waals surface area contributed by atoms with Crippen molar-refractivity contribution in [1.82, 2.24) is 9.78 Å². The van der Waals surface area contributed by atoms with Crippen LogP contribution < -0.4 is 0 Å². The lowest BCUT2D eigenvalue weighted by molar-refractivity contribution is 0.112. The monoisotopic (exact) mass is 270 g/mol. The highest BCUT2D eigenvalue weighted by Crippen LogP contribution is 2.26. The number of rotatable bonds is 3. The maximum atomic E-state index is 11.3. The van der Waals surface area contributed by atoms with Gasteiger partial charge in [0.25, 0.3) is 0 Å². The lowest BCUT2D eigenvalue weighted by Crippen LogP contribution is -2.22. The highest BCUT2D eigenvalue weighted by molar-refractivity contribution is 5.85. The Morgan fingerprint density at radius 3 is 2.20 bits per heavy atom. The second-order valence-electron chi connectivity index (χ2n) is 6.44. The molecular weight excluding hydrogens is 248 g/mol. The van der Waals surface area contributed by atoms with Crippen molar-refractivity contribution < 1.29 is 4.79 Å². The highest BCUT2D eigenvalue weighted by Gasteiger charge is 2.18. The van der Waals surface area contributed by atoms with Crippen molar-refractivity contribution in [3.05, 3.63) is 41.6 Å². The van der Waals surface area contributed by atoms with Gasteiger partial charge in [-0.15, -0.1) is 0 Å². The second-order valence-corrected chi connectivity index (χ2v) is 6.44. The zero-order chi connectivity index (χ0) is 14.9. The summed E-state index contributed by atoms with van der Waals surface area (Å²) in [6.07, 6.45) is 2.69. The third-order valence-electron chi connectivity index (χ3n) is 3.41. The molecule has 0 aliphatic rings. The van der Waals surface area contributed by atoms with Crippen molar-refractivity contribution in [3.63, 3.8) is 0 Å². The Bertz CT molecular complexity index is 601. The van der Waals surface area contributed by atoms with Crippen molar-refractivity contribution >= 4 is 6.29 Å². The van der Waals surface area contributed by atoms with Crippen molar-refractivity contribution in [2.24, 2.45) is 0 Å². The van der Waals surface area contributed by atoms with Gasteiger partial charge in [0.1, 0.15) is 5.69 Å². The molecule has 0 atom stereocenters. The minimum Gasteiger partial charge on any atom is -0.298 e. The van der Waals surface area contributed by atoms with Gasteiger partial charge >= 0.3 is 0 Å². The fourth-order valence-electron chi connectivity index (χ4n) is 2.07. The van der Waals surface area contributed by atoms with Crippen LogP contribution in [0.3, 0.4) is 0 Å². The molecular formula is C17H22N2O. The van der Waals surface area contributed by atoms with E-state index in [0.717, 1.165) is 17.5 Å². The van der Waals surface area contributed by atoms with Crippen LogP contribution in [0.5, 0.6) is 0 Å². The number of hydrogen-bond donors (Lipinski definition) is 0. The van der Waals surface area contributed by atoms with Crippen LogP contribution in [-0.2, 0) is 5.54 Å². The molecule has 0 fully saturated rings. The molecule has 0 radical (unpaired) electrons. The van der Waals surface area contributed by atoms with E-state index in [1.807, 2.05) is 23.0 Å². The zero-order valence-electron chi connectivity index (χ0n) is 12.8. The molecule has 3 nitrogen and oxygen atoms in total. The molecule has 0 bridgehead atoms. The first-order chi connectivity index (χ1) is 9.32. The minimum atomic E-state index is -0.131. The molecule has 20 heavy (non-hydrogen) atoms. The smallest absolute Gasteiger partial charge is 0.153 e. The largest absolute Gasteiger partial charge is 0.298 e. The van der Waals surface area contributed by atoms with E-state index in [1.165, 1.54) is 5.56 Å².